The van der Waals surface area contributed by atoms with E-state index in [1.807, 2.05) is 12.1 Å². The molecule has 0 bridgehead atoms. The number of rotatable bonds is 3. The zero-order chi connectivity index (χ0) is 13.8. The maximum absolute atomic E-state index is 11.9. The first-order valence-corrected chi connectivity index (χ1v) is 6.73. The molecule has 0 radical (unpaired) electrons. The maximum Gasteiger partial charge on any atom is 0.257 e. The van der Waals surface area contributed by atoms with Gasteiger partial charge in [-0.05, 0) is 42.0 Å². The van der Waals surface area contributed by atoms with E-state index in [9.17, 15) is 9.90 Å². The number of aliphatic hydroxyl groups excluding tert-OH is 1. The van der Waals surface area contributed by atoms with Gasteiger partial charge >= 0.3 is 0 Å². The molecule has 98 valence electrons. The van der Waals surface area contributed by atoms with Gasteiger partial charge in [0, 0.05) is 15.2 Å². The van der Waals surface area contributed by atoms with Gasteiger partial charge in [-0.1, -0.05) is 39.7 Å². The van der Waals surface area contributed by atoms with Crippen molar-refractivity contribution in [3.63, 3.8) is 0 Å². The summed E-state index contributed by atoms with van der Waals surface area (Å²) in [5, 5.41) is 13.1. The fourth-order valence-electron chi connectivity index (χ4n) is 1.54. The summed E-state index contributed by atoms with van der Waals surface area (Å²) in [5.74, 6) is -0.482. The Morgan fingerprint density at radius 3 is 2.26 bits per heavy atom. The molecule has 0 saturated heterocycles. The van der Waals surface area contributed by atoms with Crippen molar-refractivity contribution >= 4 is 39.1 Å². The van der Waals surface area contributed by atoms with Crippen LogP contribution in [0.15, 0.2) is 53.0 Å². The van der Waals surface area contributed by atoms with Crippen molar-refractivity contribution in [1.82, 2.24) is 0 Å². The lowest BCUT2D eigenvalue weighted by atomic mass is 10.1. The molecule has 2 aromatic rings. The Labute approximate surface area is 124 Å². The molecular weight excluding hydrogens is 330 g/mol. The maximum atomic E-state index is 11.9. The third kappa shape index (κ3) is 3.80. The summed E-state index contributed by atoms with van der Waals surface area (Å²) in [4.78, 5) is 11.9. The van der Waals surface area contributed by atoms with E-state index in [0.29, 0.717) is 16.3 Å². The Balaban J connectivity index is 2.07. The van der Waals surface area contributed by atoms with Crippen LogP contribution in [0, 0.1) is 0 Å². The SMILES string of the molecule is O=C(Nc1ccc(Br)cc1)C(O)c1ccc(Cl)cc1. The third-order valence-corrected chi connectivity index (χ3v) is 3.33. The number of hydrogen-bond acceptors (Lipinski definition) is 2. The van der Waals surface area contributed by atoms with Crippen LogP contribution >= 0.6 is 27.5 Å². The summed E-state index contributed by atoms with van der Waals surface area (Å²) in [6.07, 6.45) is -1.22. The topological polar surface area (TPSA) is 49.3 Å². The second-order valence-electron chi connectivity index (χ2n) is 3.95. The molecule has 0 fully saturated rings. The van der Waals surface area contributed by atoms with Crippen molar-refractivity contribution < 1.29 is 9.90 Å². The van der Waals surface area contributed by atoms with Crippen LogP contribution in [-0.2, 0) is 4.79 Å². The molecule has 1 amide bonds. The average Bonchev–Trinajstić information content (AvgIpc) is 2.41. The van der Waals surface area contributed by atoms with Crippen molar-refractivity contribution in [2.45, 2.75) is 6.10 Å². The highest BCUT2D eigenvalue weighted by Gasteiger charge is 2.17. The minimum absolute atomic E-state index is 0.482. The molecule has 0 aliphatic carbocycles. The van der Waals surface area contributed by atoms with E-state index in [4.69, 9.17) is 11.6 Å². The van der Waals surface area contributed by atoms with Gasteiger partial charge in [-0.2, -0.15) is 0 Å². The normalized spacial score (nSPS) is 11.9. The highest BCUT2D eigenvalue weighted by Crippen LogP contribution is 2.19. The molecule has 0 heterocycles. The second kappa shape index (κ2) is 6.19. The number of amides is 1. The monoisotopic (exact) mass is 339 g/mol. The van der Waals surface area contributed by atoms with E-state index in [-0.39, 0.29) is 0 Å². The molecule has 1 atom stereocenters. The fourth-order valence-corrected chi connectivity index (χ4v) is 1.93. The number of halogens is 2. The summed E-state index contributed by atoms with van der Waals surface area (Å²) in [5.41, 5.74) is 1.13. The van der Waals surface area contributed by atoms with Gasteiger partial charge in [-0.3, -0.25) is 4.79 Å². The van der Waals surface area contributed by atoms with E-state index in [0.717, 1.165) is 4.47 Å². The predicted octanol–water partition coefficient (Wildman–Crippen LogP) is 3.77. The largest absolute Gasteiger partial charge is 0.378 e. The third-order valence-electron chi connectivity index (χ3n) is 2.55. The number of aliphatic hydroxyl groups is 1. The minimum Gasteiger partial charge on any atom is -0.378 e. The van der Waals surface area contributed by atoms with E-state index < -0.39 is 12.0 Å². The quantitative estimate of drug-likeness (QED) is 0.893. The molecule has 1 unspecified atom stereocenters. The van der Waals surface area contributed by atoms with Crippen molar-refractivity contribution in [3.8, 4) is 0 Å². The molecule has 0 spiro atoms. The van der Waals surface area contributed by atoms with Crippen LogP contribution in [-0.4, -0.2) is 11.0 Å². The van der Waals surface area contributed by atoms with Gasteiger partial charge in [-0.15, -0.1) is 0 Å². The lowest BCUT2D eigenvalue weighted by molar-refractivity contribution is -0.124. The van der Waals surface area contributed by atoms with Gasteiger partial charge in [0.25, 0.3) is 5.91 Å². The van der Waals surface area contributed by atoms with Crippen molar-refractivity contribution in [2.24, 2.45) is 0 Å². The highest BCUT2D eigenvalue weighted by atomic mass is 79.9. The number of carbonyl (C=O) groups excluding carboxylic acids is 1. The lowest BCUT2D eigenvalue weighted by Gasteiger charge is -2.11. The Morgan fingerprint density at radius 1 is 1.11 bits per heavy atom. The Morgan fingerprint density at radius 2 is 1.68 bits per heavy atom. The number of hydrogen-bond donors (Lipinski definition) is 2. The van der Waals surface area contributed by atoms with E-state index in [1.54, 1.807) is 36.4 Å². The van der Waals surface area contributed by atoms with Gasteiger partial charge in [0.1, 0.15) is 0 Å². The molecule has 2 rings (SSSR count). The molecule has 2 aromatic carbocycles. The fraction of sp³-hybridized carbons (Fsp3) is 0.0714. The van der Waals surface area contributed by atoms with Crippen molar-refractivity contribution in [1.29, 1.82) is 0 Å². The van der Waals surface area contributed by atoms with Crippen LogP contribution in [0.4, 0.5) is 5.69 Å². The number of benzene rings is 2. The smallest absolute Gasteiger partial charge is 0.257 e. The van der Waals surface area contributed by atoms with E-state index in [2.05, 4.69) is 21.2 Å². The lowest BCUT2D eigenvalue weighted by Crippen LogP contribution is -2.20. The van der Waals surface area contributed by atoms with Gasteiger partial charge in [0.2, 0.25) is 0 Å². The number of nitrogens with one attached hydrogen (secondary N) is 1. The number of carbonyl (C=O) groups is 1. The first-order valence-electron chi connectivity index (χ1n) is 5.56. The van der Waals surface area contributed by atoms with E-state index >= 15 is 0 Å². The average molecular weight is 341 g/mol. The minimum atomic E-state index is -1.22. The van der Waals surface area contributed by atoms with Gasteiger partial charge < -0.3 is 10.4 Å². The van der Waals surface area contributed by atoms with Crippen LogP contribution < -0.4 is 5.32 Å². The molecule has 0 aliphatic rings. The highest BCUT2D eigenvalue weighted by molar-refractivity contribution is 9.10. The van der Waals surface area contributed by atoms with Crippen LogP contribution in [0.3, 0.4) is 0 Å². The van der Waals surface area contributed by atoms with Crippen molar-refractivity contribution in [3.05, 3.63) is 63.6 Å². The first kappa shape index (κ1) is 14.1. The summed E-state index contributed by atoms with van der Waals surface area (Å²) in [6, 6.07) is 13.6. The van der Waals surface area contributed by atoms with Crippen molar-refractivity contribution in [2.75, 3.05) is 5.32 Å². The molecule has 2 N–H and O–H groups in total. The summed E-state index contributed by atoms with van der Waals surface area (Å²) in [6.45, 7) is 0. The molecular formula is C14H11BrClNO2. The molecule has 19 heavy (non-hydrogen) atoms. The molecule has 0 aliphatic heterocycles. The molecule has 5 heteroatoms. The first-order chi connectivity index (χ1) is 9.06. The molecule has 3 nitrogen and oxygen atoms in total. The van der Waals surface area contributed by atoms with Crippen LogP contribution in [0.5, 0.6) is 0 Å². The van der Waals surface area contributed by atoms with Crippen LogP contribution in [0.25, 0.3) is 0 Å². The van der Waals surface area contributed by atoms with E-state index in [1.165, 1.54) is 0 Å². The predicted molar refractivity (Wildman–Crippen MR) is 79.2 cm³/mol. The Hall–Kier alpha value is -1.36. The molecule has 0 aromatic heterocycles. The van der Waals surface area contributed by atoms with Gasteiger partial charge in [0.05, 0.1) is 0 Å². The summed E-state index contributed by atoms with van der Waals surface area (Å²) >= 11 is 9.06. The van der Waals surface area contributed by atoms with Crippen LogP contribution in [0.1, 0.15) is 11.7 Å². The number of anilines is 1. The Kier molecular flexibility index (Phi) is 4.58. The Bertz CT molecular complexity index is 569. The zero-order valence-corrected chi connectivity index (χ0v) is 12.1. The molecule has 0 saturated carbocycles. The van der Waals surface area contributed by atoms with Gasteiger partial charge in [0.15, 0.2) is 6.10 Å². The second-order valence-corrected chi connectivity index (χ2v) is 5.30. The van der Waals surface area contributed by atoms with Crippen LogP contribution in [0.2, 0.25) is 5.02 Å². The summed E-state index contributed by atoms with van der Waals surface area (Å²) < 4.78 is 0.920. The van der Waals surface area contributed by atoms with Gasteiger partial charge in [-0.25, -0.2) is 0 Å². The summed E-state index contributed by atoms with van der Waals surface area (Å²) in [7, 11) is 0. The standard InChI is InChI=1S/C14H11BrClNO2/c15-10-3-7-12(8-4-10)17-14(19)13(18)9-1-5-11(16)6-2-9/h1-8,13,18H,(H,17,19). The zero-order valence-electron chi connectivity index (χ0n) is 9.81.